The van der Waals surface area contributed by atoms with Crippen LogP contribution in [0.3, 0.4) is 0 Å². The van der Waals surface area contributed by atoms with E-state index in [2.05, 4.69) is 16.8 Å². The fourth-order valence-corrected chi connectivity index (χ4v) is 3.47. The van der Waals surface area contributed by atoms with Crippen molar-refractivity contribution in [3.8, 4) is 28.6 Å². The summed E-state index contributed by atoms with van der Waals surface area (Å²) in [5.74, 6) is 2.79. The monoisotopic (exact) mass is 401 g/mol. The van der Waals surface area contributed by atoms with Crippen molar-refractivity contribution in [3.63, 3.8) is 0 Å². The number of hydrogen-bond acceptors (Lipinski definition) is 5. The maximum Gasteiger partial charge on any atom is 0.196 e. The first-order valence-electron chi connectivity index (χ1n) is 8.42. The van der Waals surface area contributed by atoms with E-state index in [1.54, 1.807) is 7.11 Å². The Morgan fingerprint density at radius 2 is 1.89 bits per heavy atom. The lowest BCUT2D eigenvalue weighted by atomic mass is 10.2. The highest BCUT2D eigenvalue weighted by atomic mass is 35.5. The van der Waals surface area contributed by atoms with Crippen molar-refractivity contribution in [3.05, 3.63) is 60.1 Å². The highest BCUT2D eigenvalue weighted by Crippen LogP contribution is 2.34. The number of nitrogens with zero attached hydrogens (tertiary/aromatic N) is 3. The molecule has 0 amide bonds. The van der Waals surface area contributed by atoms with E-state index in [-0.39, 0.29) is 0 Å². The lowest BCUT2D eigenvalue weighted by molar-refractivity contribution is 0.340. The van der Waals surface area contributed by atoms with Crippen molar-refractivity contribution in [2.45, 2.75) is 12.1 Å². The summed E-state index contributed by atoms with van der Waals surface area (Å²) in [6, 6.07) is 15.6. The molecule has 27 heavy (non-hydrogen) atoms. The van der Waals surface area contributed by atoms with Crippen LogP contribution < -0.4 is 9.47 Å². The Kier molecular flexibility index (Phi) is 6.42. The normalized spacial score (nSPS) is 10.6. The number of thioether (sulfide) groups is 1. The highest BCUT2D eigenvalue weighted by Gasteiger charge is 2.19. The minimum absolute atomic E-state index is 0.544. The molecule has 5 nitrogen and oxygen atoms in total. The van der Waals surface area contributed by atoms with Crippen molar-refractivity contribution >= 4 is 23.4 Å². The van der Waals surface area contributed by atoms with Gasteiger partial charge in [0.05, 0.1) is 25.0 Å². The number of para-hydroxylation sites is 1. The molecule has 0 radical (unpaired) electrons. The zero-order valence-electron chi connectivity index (χ0n) is 15.2. The van der Waals surface area contributed by atoms with Crippen LogP contribution >= 0.6 is 23.4 Å². The van der Waals surface area contributed by atoms with Crippen LogP contribution in [-0.4, -0.2) is 34.2 Å². The van der Waals surface area contributed by atoms with Gasteiger partial charge in [0.25, 0.3) is 0 Å². The molecule has 0 saturated heterocycles. The number of hydrogen-bond donors (Lipinski definition) is 0. The molecule has 3 rings (SSSR count). The molecular weight excluding hydrogens is 382 g/mol. The Morgan fingerprint density at radius 1 is 1.15 bits per heavy atom. The van der Waals surface area contributed by atoms with Gasteiger partial charge in [0.1, 0.15) is 11.5 Å². The van der Waals surface area contributed by atoms with E-state index in [0.29, 0.717) is 23.2 Å². The largest absolute Gasteiger partial charge is 0.496 e. The van der Waals surface area contributed by atoms with Gasteiger partial charge in [-0.2, -0.15) is 0 Å². The molecule has 0 aliphatic carbocycles. The Labute approximate surface area is 168 Å². The van der Waals surface area contributed by atoms with Crippen LogP contribution in [0, 0.1) is 0 Å². The van der Waals surface area contributed by atoms with E-state index < -0.39 is 0 Å². The summed E-state index contributed by atoms with van der Waals surface area (Å²) in [4.78, 5) is 0. The fraction of sp³-hybridized carbons (Fsp3) is 0.200. The number of halogens is 1. The summed E-state index contributed by atoms with van der Waals surface area (Å²) in [6.07, 6.45) is 0. The van der Waals surface area contributed by atoms with Gasteiger partial charge in [0.15, 0.2) is 11.0 Å². The second-order valence-corrected chi connectivity index (χ2v) is 7.05. The number of aromatic nitrogens is 3. The number of benzene rings is 2. The molecule has 140 valence electrons. The first-order chi connectivity index (χ1) is 13.1. The summed E-state index contributed by atoms with van der Waals surface area (Å²) < 4.78 is 13.0. The minimum Gasteiger partial charge on any atom is -0.496 e. The Bertz CT molecular complexity index is 925. The van der Waals surface area contributed by atoms with Gasteiger partial charge in [0, 0.05) is 10.8 Å². The van der Waals surface area contributed by atoms with Crippen LogP contribution in [0.1, 0.15) is 6.92 Å². The molecule has 3 aromatic rings. The summed E-state index contributed by atoms with van der Waals surface area (Å²) >= 11 is 7.42. The molecular formula is C20H20ClN3O2S. The van der Waals surface area contributed by atoms with Crippen LogP contribution in [-0.2, 0) is 0 Å². The van der Waals surface area contributed by atoms with Gasteiger partial charge in [-0.3, -0.25) is 4.57 Å². The lowest BCUT2D eigenvalue weighted by Crippen LogP contribution is -2.01. The van der Waals surface area contributed by atoms with Crippen LogP contribution in [0.15, 0.2) is 65.3 Å². The molecule has 0 aliphatic heterocycles. The highest BCUT2D eigenvalue weighted by molar-refractivity contribution is 7.99. The second-order valence-electron chi connectivity index (χ2n) is 5.57. The quantitative estimate of drug-likeness (QED) is 0.486. The van der Waals surface area contributed by atoms with Gasteiger partial charge < -0.3 is 9.47 Å². The summed E-state index contributed by atoms with van der Waals surface area (Å²) in [5, 5.41) is 10.1. The molecule has 1 heterocycles. The number of ether oxygens (including phenoxy) is 2. The van der Waals surface area contributed by atoms with E-state index in [4.69, 9.17) is 21.1 Å². The van der Waals surface area contributed by atoms with E-state index in [1.165, 1.54) is 11.8 Å². The van der Waals surface area contributed by atoms with Crippen molar-refractivity contribution < 1.29 is 9.47 Å². The molecule has 0 bridgehead atoms. The third kappa shape index (κ3) is 4.46. The van der Waals surface area contributed by atoms with Crippen molar-refractivity contribution in [1.29, 1.82) is 0 Å². The Hall–Kier alpha value is -2.44. The van der Waals surface area contributed by atoms with Gasteiger partial charge in [-0.1, -0.05) is 42.1 Å². The predicted molar refractivity (Wildman–Crippen MR) is 110 cm³/mol. The molecule has 0 saturated carbocycles. The number of methoxy groups -OCH3 is 1. The zero-order valence-corrected chi connectivity index (χ0v) is 16.8. The average Bonchev–Trinajstić information content (AvgIpc) is 3.11. The first-order valence-corrected chi connectivity index (χ1v) is 9.78. The topological polar surface area (TPSA) is 49.2 Å². The van der Waals surface area contributed by atoms with Gasteiger partial charge >= 0.3 is 0 Å². The standard InChI is InChI=1S/C20H20ClN3O2S/c1-4-26-16-11-9-15(10-12-16)24-19(17-7-5-6-8-18(17)25-3)22-23-20(24)27-13-14(2)21/h5-12H,2,4,13H2,1,3H3. The molecule has 0 unspecified atom stereocenters. The maximum absolute atomic E-state index is 5.94. The van der Waals surface area contributed by atoms with Crippen LogP contribution in [0.2, 0.25) is 0 Å². The van der Waals surface area contributed by atoms with E-state index in [9.17, 15) is 0 Å². The van der Waals surface area contributed by atoms with E-state index in [1.807, 2.05) is 60.0 Å². The van der Waals surface area contributed by atoms with Crippen molar-refractivity contribution in [1.82, 2.24) is 14.8 Å². The molecule has 0 fully saturated rings. The molecule has 1 aromatic heterocycles. The molecule has 0 atom stereocenters. The first kappa shape index (κ1) is 19.3. The van der Waals surface area contributed by atoms with Crippen molar-refractivity contribution in [2.24, 2.45) is 0 Å². The van der Waals surface area contributed by atoms with Gasteiger partial charge in [-0.25, -0.2) is 0 Å². The number of rotatable bonds is 8. The van der Waals surface area contributed by atoms with E-state index in [0.717, 1.165) is 27.9 Å². The van der Waals surface area contributed by atoms with Gasteiger partial charge in [-0.05, 0) is 43.3 Å². The molecule has 0 aliphatic rings. The Morgan fingerprint density at radius 3 is 2.56 bits per heavy atom. The molecule has 7 heteroatoms. The van der Waals surface area contributed by atoms with Gasteiger partial charge in [0.2, 0.25) is 0 Å². The lowest BCUT2D eigenvalue weighted by Gasteiger charge is -2.13. The van der Waals surface area contributed by atoms with Crippen molar-refractivity contribution in [2.75, 3.05) is 19.5 Å². The molecule has 0 spiro atoms. The molecule has 2 aromatic carbocycles. The summed E-state index contributed by atoms with van der Waals surface area (Å²) in [7, 11) is 1.64. The summed E-state index contributed by atoms with van der Waals surface area (Å²) in [5.41, 5.74) is 1.78. The smallest absolute Gasteiger partial charge is 0.196 e. The minimum atomic E-state index is 0.544. The fourth-order valence-electron chi connectivity index (χ4n) is 2.60. The van der Waals surface area contributed by atoms with Gasteiger partial charge in [-0.15, -0.1) is 10.2 Å². The zero-order chi connectivity index (χ0) is 19.2. The SMILES string of the molecule is C=C(Cl)CSc1nnc(-c2ccccc2OC)n1-c1ccc(OCC)cc1. The second kappa shape index (κ2) is 8.97. The van der Waals surface area contributed by atoms with Crippen LogP contribution in [0.5, 0.6) is 11.5 Å². The van der Waals surface area contributed by atoms with Crippen LogP contribution in [0.4, 0.5) is 0 Å². The maximum atomic E-state index is 5.94. The third-order valence-electron chi connectivity index (χ3n) is 3.75. The predicted octanol–water partition coefficient (Wildman–Crippen LogP) is 5.19. The van der Waals surface area contributed by atoms with Crippen LogP contribution in [0.25, 0.3) is 17.1 Å². The molecule has 0 N–H and O–H groups in total. The van der Waals surface area contributed by atoms with E-state index >= 15 is 0 Å². The Balaban J connectivity index is 2.10. The average molecular weight is 402 g/mol. The summed E-state index contributed by atoms with van der Waals surface area (Å²) in [6.45, 7) is 6.33. The third-order valence-corrected chi connectivity index (χ3v) is 5.05.